The number of aliphatic imine (C=N–C) groups is 1. The largest absolute Gasteiger partial charge is 0.357 e. The number of halogens is 1. The van der Waals surface area contributed by atoms with Crippen molar-refractivity contribution in [3.8, 4) is 0 Å². The zero-order valence-corrected chi connectivity index (χ0v) is 18.4. The second kappa shape index (κ2) is 9.89. The molecule has 27 heavy (non-hydrogen) atoms. The van der Waals surface area contributed by atoms with Crippen LogP contribution in [0.3, 0.4) is 0 Å². The number of benzene rings is 1. The van der Waals surface area contributed by atoms with Gasteiger partial charge in [0.05, 0.1) is 6.54 Å². The Balaban J connectivity index is 1.49. The molecule has 1 heterocycles. The van der Waals surface area contributed by atoms with Crippen LogP contribution in [-0.4, -0.2) is 74.7 Å². The Morgan fingerprint density at radius 1 is 1.07 bits per heavy atom. The number of nitrogens with one attached hydrogen (secondary N) is 2. The molecule has 150 valence electrons. The number of guanidine groups is 1. The van der Waals surface area contributed by atoms with Crippen LogP contribution < -0.4 is 10.6 Å². The van der Waals surface area contributed by atoms with E-state index in [1.807, 2.05) is 0 Å². The molecule has 1 aliphatic carbocycles. The molecule has 0 spiro atoms. The van der Waals surface area contributed by atoms with Crippen LogP contribution in [0.1, 0.15) is 32.3 Å². The van der Waals surface area contributed by atoms with Gasteiger partial charge in [0.2, 0.25) is 0 Å². The van der Waals surface area contributed by atoms with Gasteiger partial charge in [0.1, 0.15) is 0 Å². The molecule has 0 aromatic heterocycles. The second-order valence-electron chi connectivity index (χ2n) is 7.66. The van der Waals surface area contributed by atoms with Gasteiger partial charge < -0.3 is 15.5 Å². The molecule has 2 fully saturated rings. The first kappa shape index (κ1) is 20.6. The van der Waals surface area contributed by atoms with E-state index < -0.39 is 0 Å². The molecule has 1 aromatic rings. The minimum absolute atomic E-state index is 0.221. The van der Waals surface area contributed by atoms with E-state index in [9.17, 15) is 0 Å². The normalized spacial score (nSPS) is 20.5. The molecule has 2 N–H and O–H groups in total. The third-order valence-electron chi connectivity index (χ3n) is 5.82. The lowest BCUT2D eigenvalue weighted by Gasteiger charge is -2.34. The van der Waals surface area contributed by atoms with E-state index in [4.69, 9.17) is 4.99 Å². The van der Waals surface area contributed by atoms with Gasteiger partial charge in [-0.1, -0.05) is 41.1 Å². The maximum atomic E-state index is 4.92. The highest BCUT2D eigenvalue weighted by Gasteiger charge is 2.45. The predicted octanol–water partition coefficient (Wildman–Crippen LogP) is 2.67. The summed E-state index contributed by atoms with van der Waals surface area (Å²) in [5.41, 5.74) is 1.62. The molecule has 5 nitrogen and oxygen atoms in total. The predicted molar refractivity (Wildman–Crippen MR) is 118 cm³/mol. The van der Waals surface area contributed by atoms with E-state index in [1.165, 1.54) is 55.6 Å². The lowest BCUT2D eigenvalue weighted by molar-refractivity contribution is 0.139. The molecule has 1 aromatic carbocycles. The van der Waals surface area contributed by atoms with Crippen molar-refractivity contribution >= 4 is 21.9 Å². The van der Waals surface area contributed by atoms with Gasteiger partial charge in [0.15, 0.2) is 5.96 Å². The van der Waals surface area contributed by atoms with E-state index in [1.54, 1.807) is 0 Å². The highest BCUT2D eigenvalue weighted by atomic mass is 79.9. The first-order valence-electron chi connectivity index (χ1n) is 10.4. The Bertz CT molecular complexity index is 621. The fourth-order valence-corrected chi connectivity index (χ4v) is 4.49. The van der Waals surface area contributed by atoms with Crippen LogP contribution in [0.25, 0.3) is 0 Å². The summed E-state index contributed by atoms with van der Waals surface area (Å²) >= 11 is 3.72. The highest BCUT2D eigenvalue weighted by Crippen LogP contribution is 2.50. The molecule has 2 aliphatic rings. The number of nitrogens with zero attached hydrogens (tertiary/aromatic N) is 3. The quantitative estimate of drug-likeness (QED) is 0.486. The van der Waals surface area contributed by atoms with E-state index in [-0.39, 0.29) is 5.41 Å². The summed E-state index contributed by atoms with van der Waals surface area (Å²) in [5.74, 6) is 0.947. The Hall–Kier alpha value is -1.11. The molecule has 1 aliphatic heterocycles. The zero-order chi connectivity index (χ0) is 19.1. The number of rotatable bonds is 8. The summed E-state index contributed by atoms with van der Waals surface area (Å²) in [6.45, 7) is 14.0. The van der Waals surface area contributed by atoms with Crippen molar-refractivity contribution in [3.05, 3.63) is 34.3 Å². The van der Waals surface area contributed by atoms with Crippen LogP contribution >= 0.6 is 15.9 Å². The molecule has 1 saturated carbocycles. The van der Waals surface area contributed by atoms with Gasteiger partial charge in [0, 0.05) is 55.7 Å². The lowest BCUT2D eigenvalue weighted by Crippen LogP contribution is -2.49. The maximum absolute atomic E-state index is 4.92. The van der Waals surface area contributed by atoms with Crippen LogP contribution in [-0.2, 0) is 5.41 Å². The minimum atomic E-state index is 0.221. The van der Waals surface area contributed by atoms with E-state index in [2.05, 4.69) is 74.5 Å². The van der Waals surface area contributed by atoms with Crippen molar-refractivity contribution in [3.63, 3.8) is 0 Å². The molecule has 0 unspecified atom stereocenters. The first-order valence-corrected chi connectivity index (χ1v) is 11.2. The molecule has 6 heteroatoms. The average Bonchev–Trinajstić information content (AvgIpc) is 3.48. The molecule has 1 saturated heterocycles. The van der Waals surface area contributed by atoms with E-state index >= 15 is 0 Å². The van der Waals surface area contributed by atoms with Crippen molar-refractivity contribution in [2.45, 2.75) is 32.1 Å². The third kappa shape index (κ3) is 5.69. The van der Waals surface area contributed by atoms with Gasteiger partial charge in [-0.15, -0.1) is 0 Å². The van der Waals surface area contributed by atoms with Crippen molar-refractivity contribution in [1.29, 1.82) is 0 Å². The van der Waals surface area contributed by atoms with Crippen LogP contribution in [0.15, 0.2) is 33.7 Å². The van der Waals surface area contributed by atoms with Crippen molar-refractivity contribution < 1.29 is 0 Å². The van der Waals surface area contributed by atoms with Gasteiger partial charge in [-0.2, -0.15) is 0 Å². The number of hydrogen-bond acceptors (Lipinski definition) is 3. The third-order valence-corrected chi connectivity index (χ3v) is 6.51. The average molecular weight is 436 g/mol. The summed E-state index contributed by atoms with van der Waals surface area (Å²) in [5, 5.41) is 6.93. The van der Waals surface area contributed by atoms with Crippen LogP contribution in [0.4, 0.5) is 0 Å². The number of piperazine rings is 1. The van der Waals surface area contributed by atoms with Gasteiger partial charge in [-0.3, -0.25) is 9.89 Å². The number of hydrogen-bond donors (Lipinski definition) is 2. The smallest absolute Gasteiger partial charge is 0.191 e. The molecule has 0 bridgehead atoms. The summed E-state index contributed by atoms with van der Waals surface area (Å²) in [6.07, 6.45) is 2.44. The van der Waals surface area contributed by atoms with Gasteiger partial charge >= 0.3 is 0 Å². The maximum Gasteiger partial charge on any atom is 0.191 e. The van der Waals surface area contributed by atoms with Crippen molar-refractivity contribution in [1.82, 2.24) is 20.4 Å². The summed E-state index contributed by atoms with van der Waals surface area (Å²) in [7, 11) is 0. The summed E-state index contributed by atoms with van der Waals surface area (Å²) in [6, 6.07) is 8.59. The summed E-state index contributed by atoms with van der Waals surface area (Å²) < 4.78 is 1.21. The molecule has 3 rings (SSSR count). The Kier molecular flexibility index (Phi) is 7.56. The minimum Gasteiger partial charge on any atom is -0.357 e. The van der Waals surface area contributed by atoms with Crippen molar-refractivity contribution in [2.24, 2.45) is 4.99 Å². The molecular formula is C21H34BrN5. The Labute approximate surface area is 172 Å². The molecule has 0 amide bonds. The van der Waals surface area contributed by atoms with E-state index in [0.717, 1.165) is 32.1 Å². The highest BCUT2D eigenvalue weighted by molar-refractivity contribution is 9.10. The SMILES string of the molecule is CCNC(=NCC1(c2ccccc2Br)CC1)NCCN1CCN(CC)CC1. The molecule has 0 atom stereocenters. The second-order valence-corrected chi connectivity index (χ2v) is 8.51. The molecule has 0 radical (unpaired) electrons. The van der Waals surface area contributed by atoms with Gasteiger partial charge in [-0.25, -0.2) is 0 Å². The fraction of sp³-hybridized carbons (Fsp3) is 0.667. The monoisotopic (exact) mass is 435 g/mol. The fourth-order valence-electron chi connectivity index (χ4n) is 3.79. The zero-order valence-electron chi connectivity index (χ0n) is 16.8. The van der Waals surface area contributed by atoms with Crippen LogP contribution in [0, 0.1) is 0 Å². The Morgan fingerprint density at radius 3 is 2.41 bits per heavy atom. The van der Waals surface area contributed by atoms with Gasteiger partial charge in [0.25, 0.3) is 0 Å². The summed E-state index contributed by atoms with van der Waals surface area (Å²) in [4.78, 5) is 9.99. The standard InChI is InChI=1S/C21H34BrN5/c1-3-23-20(24-11-12-27-15-13-26(4-2)14-16-27)25-17-21(9-10-21)18-7-5-6-8-19(18)22/h5-8H,3-4,9-17H2,1-2H3,(H2,23,24,25). The lowest BCUT2D eigenvalue weighted by atomic mass is 9.96. The van der Waals surface area contributed by atoms with Gasteiger partial charge in [-0.05, 0) is 37.9 Å². The molecular weight excluding hydrogens is 402 g/mol. The first-order chi connectivity index (χ1) is 13.2. The van der Waals surface area contributed by atoms with Crippen molar-refractivity contribution in [2.75, 3.05) is 58.9 Å². The Morgan fingerprint density at radius 2 is 1.78 bits per heavy atom. The number of likely N-dealkylation sites (N-methyl/N-ethyl adjacent to an activating group) is 1. The van der Waals surface area contributed by atoms with Crippen LogP contribution in [0.5, 0.6) is 0 Å². The van der Waals surface area contributed by atoms with E-state index in [0.29, 0.717) is 0 Å². The topological polar surface area (TPSA) is 42.9 Å². The van der Waals surface area contributed by atoms with Crippen LogP contribution in [0.2, 0.25) is 0 Å².